The molecule has 0 amide bonds. The second kappa shape index (κ2) is 5.19. The number of rotatable bonds is 2. The van der Waals surface area contributed by atoms with E-state index in [2.05, 4.69) is 20.3 Å². The molecule has 8 heteroatoms. The first kappa shape index (κ1) is 14.7. The van der Waals surface area contributed by atoms with Gasteiger partial charge in [-0.2, -0.15) is 10.1 Å². The second-order valence-electron chi connectivity index (χ2n) is 5.38. The molecule has 1 aliphatic carbocycles. The van der Waals surface area contributed by atoms with Crippen molar-refractivity contribution in [2.45, 2.75) is 24.8 Å². The quantitative estimate of drug-likeness (QED) is 0.744. The van der Waals surface area contributed by atoms with E-state index in [1.54, 1.807) is 18.2 Å². The summed E-state index contributed by atoms with van der Waals surface area (Å²) in [4.78, 5) is 16.1. The first-order chi connectivity index (χ1) is 10.2. The fourth-order valence-electron chi connectivity index (χ4n) is 2.58. The highest BCUT2D eigenvalue weighted by Gasteiger charge is 2.39. The average Bonchev–Trinajstić information content (AvgIpc) is 2.95. The number of halogens is 1. The molecule has 3 aromatic rings. The Morgan fingerprint density at radius 1 is 1.23 bits per heavy atom. The predicted octanol–water partition coefficient (Wildman–Crippen LogP) is 1.73. The fraction of sp³-hybridized carbons (Fsp3) is 0.286. The number of benzene rings is 1. The Labute approximate surface area is 131 Å². The van der Waals surface area contributed by atoms with Gasteiger partial charge in [-0.3, -0.25) is 4.79 Å². The molecule has 0 aliphatic heterocycles. The lowest BCUT2D eigenvalue weighted by Crippen LogP contribution is -2.44. The number of nitrogens with one attached hydrogen (secondary N) is 1. The molecule has 0 radical (unpaired) electrons. The highest BCUT2D eigenvalue weighted by atomic mass is 35.5. The van der Waals surface area contributed by atoms with Crippen LogP contribution in [0, 0.1) is 0 Å². The predicted molar refractivity (Wildman–Crippen MR) is 82.6 cm³/mol. The van der Waals surface area contributed by atoms with Crippen LogP contribution < -0.4 is 11.3 Å². The van der Waals surface area contributed by atoms with Crippen molar-refractivity contribution >= 4 is 23.2 Å². The Morgan fingerprint density at radius 3 is 2.64 bits per heavy atom. The molecule has 22 heavy (non-hydrogen) atoms. The van der Waals surface area contributed by atoms with Gasteiger partial charge in [0.2, 0.25) is 0 Å². The lowest BCUT2D eigenvalue weighted by atomic mass is 9.77. The second-order valence-corrected chi connectivity index (χ2v) is 5.38. The van der Waals surface area contributed by atoms with Gasteiger partial charge in [-0.05, 0) is 25.3 Å². The van der Waals surface area contributed by atoms with Crippen LogP contribution in [0.5, 0.6) is 0 Å². The molecule has 2 aromatic heterocycles. The Morgan fingerprint density at radius 2 is 1.95 bits per heavy atom. The molecule has 1 aliphatic rings. The number of aromatic amines is 1. The van der Waals surface area contributed by atoms with Gasteiger partial charge in [-0.25, -0.2) is 5.10 Å². The Hall–Kier alpha value is -2.25. The zero-order valence-corrected chi connectivity index (χ0v) is 12.4. The summed E-state index contributed by atoms with van der Waals surface area (Å²) >= 11 is 0. The van der Waals surface area contributed by atoms with Gasteiger partial charge in [0.05, 0.1) is 10.9 Å². The smallest absolute Gasteiger partial charge is 0.279 e. The number of nitrogens with zero attached hydrogens (tertiary/aromatic N) is 3. The van der Waals surface area contributed by atoms with Crippen molar-refractivity contribution in [1.82, 2.24) is 20.3 Å². The van der Waals surface area contributed by atoms with Gasteiger partial charge in [0, 0.05) is 5.39 Å². The largest absolute Gasteiger partial charge is 0.332 e. The van der Waals surface area contributed by atoms with E-state index in [9.17, 15) is 4.79 Å². The van der Waals surface area contributed by atoms with Crippen LogP contribution in [0.25, 0.3) is 22.4 Å². The van der Waals surface area contributed by atoms with E-state index in [-0.39, 0.29) is 23.9 Å². The number of nitrogens with two attached hydrogens (primary N) is 1. The molecule has 0 unspecified atom stereocenters. The van der Waals surface area contributed by atoms with Crippen LogP contribution in [0.4, 0.5) is 0 Å². The molecule has 0 bridgehead atoms. The van der Waals surface area contributed by atoms with E-state index in [0.29, 0.717) is 22.3 Å². The van der Waals surface area contributed by atoms with Crippen LogP contribution in [-0.2, 0) is 5.54 Å². The third kappa shape index (κ3) is 2.10. The Bertz CT molecular complexity index is 884. The summed E-state index contributed by atoms with van der Waals surface area (Å²) in [5, 5.41) is 11.7. The molecule has 2 heterocycles. The molecule has 114 valence electrons. The normalized spacial score (nSPS) is 16.0. The minimum absolute atomic E-state index is 0. The van der Waals surface area contributed by atoms with Crippen LogP contribution in [0.1, 0.15) is 25.1 Å². The maximum Gasteiger partial charge on any atom is 0.279 e. The molecule has 1 aromatic carbocycles. The lowest BCUT2D eigenvalue weighted by Gasteiger charge is -2.34. The zero-order valence-electron chi connectivity index (χ0n) is 11.6. The number of H-pyrrole nitrogens is 1. The van der Waals surface area contributed by atoms with Crippen LogP contribution in [-0.4, -0.2) is 20.3 Å². The van der Waals surface area contributed by atoms with Crippen molar-refractivity contribution in [3.63, 3.8) is 0 Å². The lowest BCUT2D eigenvalue weighted by molar-refractivity contribution is 0.229. The van der Waals surface area contributed by atoms with Crippen molar-refractivity contribution in [2.24, 2.45) is 5.73 Å². The van der Waals surface area contributed by atoms with Crippen LogP contribution >= 0.6 is 12.4 Å². The molecule has 7 nitrogen and oxygen atoms in total. The minimum Gasteiger partial charge on any atom is -0.332 e. The molecular formula is C14H14ClN5O2. The van der Waals surface area contributed by atoms with Gasteiger partial charge < -0.3 is 10.3 Å². The first-order valence-corrected chi connectivity index (χ1v) is 6.78. The molecule has 4 rings (SSSR count). The zero-order chi connectivity index (χ0) is 14.4. The van der Waals surface area contributed by atoms with Crippen molar-refractivity contribution in [1.29, 1.82) is 0 Å². The minimum atomic E-state index is -0.486. The summed E-state index contributed by atoms with van der Waals surface area (Å²) in [6.45, 7) is 0. The number of fused-ring (bicyclic) bond motifs is 1. The summed E-state index contributed by atoms with van der Waals surface area (Å²) in [6, 6.07) is 7.16. The molecular weight excluding hydrogens is 306 g/mol. The summed E-state index contributed by atoms with van der Waals surface area (Å²) in [5.74, 6) is 0.773. The van der Waals surface area contributed by atoms with Gasteiger partial charge in [-0.15, -0.1) is 12.4 Å². The van der Waals surface area contributed by atoms with Gasteiger partial charge in [0.1, 0.15) is 0 Å². The molecule has 1 fully saturated rings. The topological polar surface area (TPSA) is 111 Å². The van der Waals surface area contributed by atoms with Gasteiger partial charge in [0.15, 0.2) is 11.5 Å². The SMILES string of the molecule is Cl.NC1(c2noc(-c3n[nH]c(=O)c4ccccc34)n2)CCC1. The third-order valence-corrected chi connectivity index (χ3v) is 4.02. The van der Waals surface area contributed by atoms with Crippen molar-refractivity contribution < 1.29 is 4.52 Å². The van der Waals surface area contributed by atoms with E-state index >= 15 is 0 Å². The van der Waals surface area contributed by atoms with Gasteiger partial charge in [-0.1, -0.05) is 23.4 Å². The standard InChI is InChI=1S/C14H13N5O2.ClH/c15-14(6-3-7-14)13-16-12(21-19-13)10-8-4-1-2-5-9(8)11(20)18-17-10;/h1-2,4-5H,3,6-7,15H2,(H,18,20);1H. The van der Waals surface area contributed by atoms with E-state index in [1.165, 1.54) is 0 Å². The van der Waals surface area contributed by atoms with Crippen LogP contribution in [0.2, 0.25) is 0 Å². The Kier molecular flexibility index (Phi) is 3.46. The van der Waals surface area contributed by atoms with E-state index in [4.69, 9.17) is 10.3 Å². The first-order valence-electron chi connectivity index (χ1n) is 6.78. The molecule has 3 N–H and O–H groups in total. The highest BCUT2D eigenvalue weighted by Crippen LogP contribution is 2.37. The van der Waals surface area contributed by atoms with Gasteiger partial charge >= 0.3 is 0 Å². The monoisotopic (exact) mass is 319 g/mol. The van der Waals surface area contributed by atoms with E-state index < -0.39 is 5.54 Å². The van der Waals surface area contributed by atoms with Crippen molar-refractivity contribution in [3.05, 3.63) is 40.4 Å². The van der Waals surface area contributed by atoms with Crippen LogP contribution in [0.3, 0.4) is 0 Å². The van der Waals surface area contributed by atoms with Crippen LogP contribution in [0.15, 0.2) is 33.6 Å². The van der Waals surface area contributed by atoms with E-state index in [1.807, 2.05) is 6.07 Å². The highest BCUT2D eigenvalue weighted by molar-refractivity contribution is 5.91. The molecule has 0 atom stereocenters. The molecule has 0 spiro atoms. The Balaban J connectivity index is 0.00000144. The number of hydrogen-bond donors (Lipinski definition) is 2. The number of aromatic nitrogens is 4. The van der Waals surface area contributed by atoms with E-state index in [0.717, 1.165) is 19.3 Å². The summed E-state index contributed by atoms with van der Waals surface area (Å²) in [6.07, 6.45) is 2.78. The third-order valence-electron chi connectivity index (χ3n) is 4.02. The molecule has 1 saturated carbocycles. The maximum atomic E-state index is 11.8. The fourth-order valence-corrected chi connectivity index (χ4v) is 2.58. The summed E-state index contributed by atoms with van der Waals surface area (Å²) < 4.78 is 5.30. The molecule has 0 saturated heterocycles. The van der Waals surface area contributed by atoms with Crippen molar-refractivity contribution in [2.75, 3.05) is 0 Å². The summed E-state index contributed by atoms with van der Waals surface area (Å²) in [7, 11) is 0. The maximum absolute atomic E-state index is 11.8. The average molecular weight is 320 g/mol. The van der Waals surface area contributed by atoms with Crippen molar-refractivity contribution in [3.8, 4) is 11.6 Å². The van der Waals surface area contributed by atoms with Gasteiger partial charge in [0.25, 0.3) is 11.4 Å². The number of hydrogen-bond acceptors (Lipinski definition) is 6. The summed E-state index contributed by atoms with van der Waals surface area (Å²) in [5.41, 5.74) is 5.92.